The van der Waals surface area contributed by atoms with Gasteiger partial charge in [-0.05, 0) is 44.9 Å². The first-order valence-corrected chi connectivity index (χ1v) is 6.60. The van der Waals surface area contributed by atoms with E-state index in [0.717, 1.165) is 29.4 Å². The van der Waals surface area contributed by atoms with Gasteiger partial charge in [-0.15, -0.1) is 0 Å². The van der Waals surface area contributed by atoms with Crippen molar-refractivity contribution in [1.29, 1.82) is 0 Å². The molecule has 1 aromatic heterocycles. The van der Waals surface area contributed by atoms with E-state index in [1.54, 1.807) is 6.07 Å². The summed E-state index contributed by atoms with van der Waals surface area (Å²) in [7, 11) is 0. The molecule has 0 aliphatic rings. The lowest BCUT2D eigenvalue weighted by Crippen LogP contribution is -2.25. The molecule has 4 heteroatoms. The van der Waals surface area contributed by atoms with Gasteiger partial charge >= 0.3 is 0 Å². The van der Waals surface area contributed by atoms with Gasteiger partial charge in [0, 0.05) is 18.0 Å². The first kappa shape index (κ1) is 13.6. The van der Waals surface area contributed by atoms with Gasteiger partial charge in [0.05, 0.1) is 0 Å². The van der Waals surface area contributed by atoms with Gasteiger partial charge in [-0.25, -0.2) is 0 Å². The molecule has 0 radical (unpaired) electrons. The minimum absolute atomic E-state index is 0.168. The predicted molar refractivity (Wildman–Crippen MR) is 76.2 cm³/mol. The second kappa shape index (κ2) is 5.89. The van der Waals surface area contributed by atoms with Crippen molar-refractivity contribution in [2.24, 2.45) is 5.73 Å². The monoisotopic (exact) mass is 260 g/mol. The lowest BCUT2D eigenvalue weighted by atomic mass is 10.2. The lowest BCUT2D eigenvalue weighted by Gasteiger charge is -2.05. The molecule has 2 rings (SSSR count). The fourth-order valence-electron chi connectivity index (χ4n) is 1.99. The third kappa shape index (κ3) is 3.58. The molecule has 0 saturated heterocycles. The molecule has 0 fully saturated rings. The second-order valence-corrected chi connectivity index (χ2v) is 5.03. The van der Waals surface area contributed by atoms with Gasteiger partial charge in [-0.3, -0.25) is 4.79 Å². The maximum atomic E-state index is 11.9. The second-order valence-electron chi connectivity index (χ2n) is 5.03. The summed E-state index contributed by atoms with van der Waals surface area (Å²) in [5.41, 5.74) is 7.55. The Morgan fingerprint density at radius 2 is 2.21 bits per heavy atom. The van der Waals surface area contributed by atoms with Crippen LogP contribution in [0, 0.1) is 6.92 Å². The van der Waals surface area contributed by atoms with Crippen LogP contribution in [0.5, 0.6) is 0 Å². The minimum Gasteiger partial charge on any atom is -0.451 e. The summed E-state index contributed by atoms with van der Waals surface area (Å²) in [6, 6.07) is 7.81. The first-order chi connectivity index (χ1) is 9.06. The molecule has 0 aliphatic carbocycles. The van der Waals surface area contributed by atoms with Gasteiger partial charge in [0.15, 0.2) is 5.76 Å². The number of hydrogen-bond acceptors (Lipinski definition) is 3. The number of carbonyl (C=O) groups excluding carboxylic acids is 1. The molecule has 1 atom stereocenters. The summed E-state index contributed by atoms with van der Waals surface area (Å²) in [6.07, 6.45) is 1.78. The Labute approximate surface area is 113 Å². The Morgan fingerprint density at radius 3 is 2.95 bits per heavy atom. The number of fused-ring (bicyclic) bond motifs is 1. The number of aryl methyl sites for hydroxylation is 1. The van der Waals surface area contributed by atoms with Crippen LogP contribution >= 0.6 is 0 Å². The number of furan rings is 1. The molecule has 4 nitrogen and oxygen atoms in total. The topological polar surface area (TPSA) is 68.3 Å². The zero-order chi connectivity index (χ0) is 13.8. The van der Waals surface area contributed by atoms with Crippen LogP contribution in [0.3, 0.4) is 0 Å². The van der Waals surface area contributed by atoms with Gasteiger partial charge in [-0.2, -0.15) is 0 Å². The average molecular weight is 260 g/mol. The Balaban J connectivity index is 1.97. The molecular formula is C15H20N2O2. The van der Waals surface area contributed by atoms with Crippen molar-refractivity contribution in [1.82, 2.24) is 5.32 Å². The Morgan fingerprint density at radius 1 is 1.42 bits per heavy atom. The van der Waals surface area contributed by atoms with E-state index in [1.807, 2.05) is 32.0 Å². The maximum Gasteiger partial charge on any atom is 0.287 e. The Hall–Kier alpha value is -1.81. The van der Waals surface area contributed by atoms with Crippen molar-refractivity contribution < 1.29 is 9.21 Å². The van der Waals surface area contributed by atoms with E-state index >= 15 is 0 Å². The zero-order valence-electron chi connectivity index (χ0n) is 11.4. The molecule has 3 N–H and O–H groups in total. The molecule has 1 amide bonds. The number of nitrogens with one attached hydrogen (secondary N) is 1. The largest absolute Gasteiger partial charge is 0.451 e. The van der Waals surface area contributed by atoms with E-state index in [2.05, 4.69) is 5.32 Å². The first-order valence-electron chi connectivity index (χ1n) is 6.60. The summed E-state index contributed by atoms with van der Waals surface area (Å²) < 4.78 is 5.53. The average Bonchev–Trinajstić information content (AvgIpc) is 2.77. The van der Waals surface area contributed by atoms with Crippen LogP contribution in [0.25, 0.3) is 11.0 Å². The van der Waals surface area contributed by atoms with Gasteiger partial charge < -0.3 is 15.5 Å². The molecule has 0 bridgehead atoms. The van der Waals surface area contributed by atoms with E-state index in [1.165, 1.54) is 0 Å². The number of benzene rings is 1. The number of nitrogens with two attached hydrogens (primary N) is 1. The quantitative estimate of drug-likeness (QED) is 0.812. The predicted octanol–water partition coefficient (Wildman–Crippen LogP) is 2.60. The van der Waals surface area contributed by atoms with Gasteiger partial charge in [-0.1, -0.05) is 11.6 Å². The van der Waals surface area contributed by atoms with Crippen molar-refractivity contribution in [3.8, 4) is 0 Å². The van der Waals surface area contributed by atoms with Crippen LogP contribution in [0.4, 0.5) is 0 Å². The molecule has 1 unspecified atom stereocenters. The molecule has 102 valence electrons. The zero-order valence-corrected chi connectivity index (χ0v) is 11.4. The van der Waals surface area contributed by atoms with Crippen LogP contribution in [0.2, 0.25) is 0 Å². The van der Waals surface area contributed by atoms with Crippen molar-refractivity contribution in [2.45, 2.75) is 32.7 Å². The normalized spacial score (nSPS) is 12.6. The molecule has 19 heavy (non-hydrogen) atoms. The molecule has 0 aliphatic heterocycles. The molecule has 0 saturated carbocycles. The third-order valence-electron chi connectivity index (χ3n) is 3.02. The fourth-order valence-corrected chi connectivity index (χ4v) is 1.99. The van der Waals surface area contributed by atoms with Crippen LogP contribution in [-0.2, 0) is 0 Å². The maximum absolute atomic E-state index is 11.9. The van der Waals surface area contributed by atoms with E-state index in [4.69, 9.17) is 10.2 Å². The highest BCUT2D eigenvalue weighted by atomic mass is 16.3. The lowest BCUT2D eigenvalue weighted by molar-refractivity contribution is 0.0927. The van der Waals surface area contributed by atoms with Crippen LogP contribution in [-0.4, -0.2) is 18.5 Å². The number of carbonyl (C=O) groups is 1. The summed E-state index contributed by atoms with van der Waals surface area (Å²) in [4.78, 5) is 11.9. The molecule has 1 heterocycles. The van der Waals surface area contributed by atoms with Crippen molar-refractivity contribution in [2.75, 3.05) is 6.54 Å². The van der Waals surface area contributed by atoms with Gasteiger partial charge in [0.25, 0.3) is 5.91 Å². The van der Waals surface area contributed by atoms with E-state index in [9.17, 15) is 4.79 Å². The van der Waals surface area contributed by atoms with Crippen molar-refractivity contribution in [3.63, 3.8) is 0 Å². The van der Waals surface area contributed by atoms with Gasteiger partial charge in [0.1, 0.15) is 5.58 Å². The fraction of sp³-hybridized carbons (Fsp3) is 0.400. The third-order valence-corrected chi connectivity index (χ3v) is 3.02. The highest BCUT2D eigenvalue weighted by Gasteiger charge is 2.11. The van der Waals surface area contributed by atoms with Crippen LogP contribution in [0.1, 0.15) is 35.9 Å². The summed E-state index contributed by atoms with van der Waals surface area (Å²) in [6.45, 7) is 4.60. The summed E-state index contributed by atoms with van der Waals surface area (Å²) >= 11 is 0. The number of amides is 1. The highest BCUT2D eigenvalue weighted by Crippen LogP contribution is 2.20. The van der Waals surface area contributed by atoms with E-state index in [0.29, 0.717) is 12.3 Å². The van der Waals surface area contributed by atoms with E-state index < -0.39 is 0 Å². The van der Waals surface area contributed by atoms with Crippen LogP contribution in [0.15, 0.2) is 28.7 Å². The molecule has 0 spiro atoms. The Kier molecular flexibility index (Phi) is 4.22. The smallest absolute Gasteiger partial charge is 0.287 e. The number of hydrogen-bond donors (Lipinski definition) is 2. The summed E-state index contributed by atoms with van der Waals surface area (Å²) in [5.74, 6) is 0.194. The van der Waals surface area contributed by atoms with Crippen molar-refractivity contribution in [3.05, 3.63) is 35.6 Å². The standard InChI is InChI=1S/C15H20N2O2/c1-10-5-6-13-12(8-10)9-14(19-13)15(18)17-7-3-4-11(2)16/h5-6,8-9,11H,3-4,7,16H2,1-2H3,(H,17,18). The molecule has 1 aromatic carbocycles. The van der Waals surface area contributed by atoms with E-state index in [-0.39, 0.29) is 11.9 Å². The highest BCUT2D eigenvalue weighted by molar-refractivity contribution is 5.96. The minimum atomic E-state index is -0.168. The molecular weight excluding hydrogens is 240 g/mol. The number of rotatable bonds is 5. The van der Waals surface area contributed by atoms with Gasteiger partial charge in [0.2, 0.25) is 0 Å². The SMILES string of the molecule is Cc1ccc2oc(C(=O)NCCCC(C)N)cc2c1. The Bertz CT molecular complexity index is 573. The molecule has 2 aromatic rings. The summed E-state index contributed by atoms with van der Waals surface area (Å²) in [5, 5.41) is 3.80. The van der Waals surface area contributed by atoms with Crippen molar-refractivity contribution >= 4 is 16.9 Å². The van der Waals surface area contributed by atoms with Crippen LogP contribution < -0.4 is 11.1 Å².